The zero-order valence-corrected chi connectivity index (χ0v) is 22.9. The highest BCUT2D eigenvalue weighted by Crippen LogP contribution is 2.37. The summed E-state index contributed by atoms with van der Waals surface area (Å²) < 4.78 is 28.7. The lowest BCUT2D eigenvalue weighted by Crippen LogP contribution is -2.61. The Morgan fingerprint density at radius 2 is 1.85 bits per heavy atom. The van der Waals surface area contributed by atoms with Crippen LogP contribution in [0.3, 0.4) is 0 Å². The third-order valence-corrected chi connectivity index (χ3v) is 9.06. The lowest BCUT2D eigenvalue weighted by molar-refractivity contribution is 0.0963. The number of rotatable bonds is 8. The van der Waals surface area contributed by atoms with Gasteiger partial charge in [0.25, 0.3) is 0 Å². The van der Waals surface area contributed by atoms with Gasteiger partial charge >= 0.3 is 0 Å². The Morgan fingerprint density at radius 1 is 1.02 bits per heavy atom. The van der Waals surface area contributed by atoms with Crippen molar-refractivity contribution < 1.29 is 8.78 Å². The number of alkyl halides is 2. The van der Waals surface area contributed by atoms with Crippen molar-refractivity contribution >= 4 is 23.1 Å². The molecular formula is C31H37F2N7. The van der Waals surface area contributed by atoms with Crippen molar-refractivity contribution in [3.05, 3.63) is 72.1 Å². The highest BCUT2D eigenvalue weighted by atomic mass is 19.1. The minimum Gasteiger partial charge on any atom is -0.367 e. The summed E-state index contributed by atoms with van der Waals surface area (Å²) in [5.74, 6) is 0.467. The van der Waals surface area contributed by atoms with Gasteiger partial charge in [-0.05, 0) is 55.9 Å². The molecule has 2 saturated heterocycles. The van der Waals surface area contributed by atoms with Crippen LogP contribution in [0.5, 0.6) is 0 Å². The molecule has 0 unspecified atom stereocenters. The molecule has 0 atom stereocenters. The molecule has 0 aromatic carbocycles. The van der Waals surface area contributed by atoms with Gasteiger partial charge in [-0.15, -0.1) is 0 Å². The fourth-order valence-corrected chi connectivity index (χ4v) is 6.48. The monoisotopic (exact) mass is 545 g/mol. The van der Waals surface area contributed by atoms with Crippen molar-refractivity contribution in [1.29, 1.82) is 0 Å². The molecule has 6 heterocycles. The molecule has 0 radical (unpaired) electrons. The third-order valence-electron chi connectivity index (χ3n) is 9.06. The van der Waals surface area contributed by atoms with Gasteiger partial charge < -0.3 is 19.5 Å². The van der Waals surface area contributed by atoms with Crippen molar-refractivity contribution in [3.8, 4) is 0 Å². The molecule has 1 N–H and O–H groups in total. The number of hydrogen-bond donors (Lipinski definition) is 1. The van der Waals surface area contributed by atoms with E-state index in [-0.39, 0.29) is 0 Å². The number of imidazole rings is 1. The topological polar surface area (TPSA) is 51.9 Å². The van der Waals surface area contributed by atoms with Crippen LogP contribution in [0.4, 0.5) is 14.5 Å². The van der Waals surface area contributed by atoms with E-state index in [4.69, 9.17) is 4.98 Å². The van der Waals surface area contributed by atoms with Gasteiger partial charge in [-0.1, -0.05) is 12.6 Å². The quantitative estimate of drug-likeness (QED) is 0.445. The normalized spacial score (nSPS) is 23.9. The van der Waals surface area contributed by atoms with Crippen LogP contribution in [0.2, 0.25) is 0 Å². The Kier molecular flexibility index (Phi) is 6.79. The van der Waals surface area contributed by atoms with E-state index < -0.39 is 12.3 Å². The lowest BCUT2D eigenvalue weighted by Gasteiger charge is -2.48. The summed E-state index contributed by atoms with van der Waals surface area (Å²) in [5, 5.41) is 3.46. The molecule has 40 heavy (non-hydrogen) atoms. The first kappa shape index (κ1) is 25.7. The zero-order valence-electron chi connectivity index (χ0n) is 22.9. The van der Waals surface area contributed by atoms with Crippen molar-refractivity contribution in [2.45, 2.75) is 57.2 Å². The Hall–Kier alpha value is -3.30. The first-order valence-electron chi connectivity index (χ1n) is 14.6. The lowest BCUT2D eigenvalue weighted by atomic mass is 9.83. The summed E-state index contributed by atoms with van der Waals surface area (Å²) in [6, 6.07) is 4.65. The molecule has 4 aliphatic rings. The number of pyridine rings is 2. The molecule has 1 aliphatic carbocycles. The number of likely N-dealkylation sites (tertiary alicyclic amines) is 1. The first-order chi connectivity index (χ1) is 19.5. The highest BCUT2D eigenvalue weighted by Gasteiger charge is 2.35. The van der Waals surface area contributed by atoms with Gasteiger partial charge in [0.05, 0.1) is 24.1 Å². The molecule has 9 heteroatoms. The minimum absolute atomic E-state index is 0.467. The van der Waals surface area contributed by atoms with Gasteiger partial charge in [-0.2, -0.15) is 0 Å². The summed E-state index contributed by atoms with van der Waals surface area (Å²) in [7, 11) is 0. The Morgan fingerprint density at radius 3 is 2.65 bits per heavy atom. The number of piperidine rings is 1. The van der Waals surface area contributed by atoms with E-state index in [2.05, 4.69) is 66.7 Å². The molecule has 1 saturated carbocycles. The van der Waals surface area contributed by atoms with E-state index in [1.54, 1.807) is 0 Å². The highest BCUT2D eigenvalue weighted by molar-refractivity contribution is 5.83. The van der Waals surface area contributed by atoms with E-state index in [1.165, 1.54) is 5.56 Å². The van der Waals surface area contributed by atoms with Gasteiger partial charge in [0.2, 0.25) is 0 Å². The average molecular weight is 546 g/mol. The van der Waals surface area contributed by atoms with Gasteiger partial charge in [-0.25, -0.2) is 13.8 Å². The van der Waals surface area contributed by atoms with Crippen LogP contribution in [0.1, 0.15) is 48.1 Å². The Balaban J connectivity index is 0.985. The Labute approximate surface area is 234 Å². The number of hydrogen-bond acceptors (Lipinski definition) is 6. The van der Waals surface area contributed by atoms with Gasteiger partial charge in [0, 0.05) is 80.4 Å². The van der Waals surface area contributed by atoms with Crippen LogP contribution in [-0.2, 0) is 13.1 Å². The summed E-state index contributed by atoms with van der Waals surface area (Å²) >= 11 is 0. The summed E-state index contributed by atoms with van der Waals surface area (Å²) in [6.07, 6.45) is 13.8. The van der Waals surface area contributed by atoms with E-state index in [1.807, 2.05) is 18.5 Å². The first-order valence-corrected chi connectivity index (χ1v) is 14.6. The van der Waals surface area contributed by atoms with Gasteiger partial charge in [-0.3, -0.25) is 9.88 Å². The van der Waals surface area contributed by atoms with Crippen LogP contribution in [0.15, 0.2) is 49.7 Å². The molecule has 0 spiro atoms. The number of halogens is 2. The number of nitrogens with zero attached hydrogens (tertiary/aromatic N) is 6. The smallest absolute Gasteiger partial charge is 0.137 e. The van der Waals surface area contributed by atoms with Crippen LogP contribution in [0, 0.1) is 5.92 Å². The third kappa shape index (κ3) is 5.01. The van der Waals surface area contributed by atoms with E-state index >= 15 is 0 Å². The van der Waals surface area contributed by atoms with E-state index in [0.29, 0.717) is 44.2 Å². The molecule has 3 aromatic rings. The SMILES string of the molecule is C=C1c2cncc(N3CC(N4CCC(F)CC4)C3)c2C=CN1Cc1cn2cc(CNCC3CC(F)C3)ccc2n1. The second kappa shape index (κ2) is 10.6. The molecule has 3 aromatic heterocycles. The number of aromatic nitrogens is 3. The molecular weight excluding hydrogens is 508 g/mol. The largest absolute Gasteiger partial charge is 0.367 e. The van der Waals surface area contributed by atoms with Crippen LogP contribution < -0.4 is 10.2 Å². The fourth-order valence-electron chi connectivity index (χ4n) is 6.48. The van der Waals surface area contributed by atoms with Crippen LogP contribution in [0.25, 0.3) is 17.4 Å². The fraction of sp³-hybridized carbons (Fsp3) is 0.484. The number of fused-ring (bicyclic) bond motifs is 2. The molecule has 0 amide bonds. The second-order valence-corrected chi connectivity index (χ2v) is 11.9. The van der Waals surface area contributed by atoms with E-state index in [0.717, 1.165) is 73.1 Å². The second-order valence-electron chi connectivity index (χ2n) is 11.9. The summed E-state index contributed by atoms with van der Waals surface area (Å²) in [4.78, 5) is 16.4. The molecule has 7 nitrogen and oxygen atoms in total. The number of nitrogens with one attached hydrogen (secondary N) is 1. The maximum atomic E-state index is 13.6. The predicted octanol–water partition coefficient (Wildman–Crippen LogP) is 4.65. The maximum absolute atomic E-state index is 13.6. The minimum atomic E-state index is -0.632. The predicted molar refractivity (Wildman–Crippen MR) is 154 cm³/mol. The molecule has 3 fully saturated rings. The molecule has 3 aliphatic heterocycles. The van der Waals surface area contributed by atoms with Gasteiger partial charge in [0.1, 0.15) is 18.0 Å². The average Bonchev–Trinajstić information content (AvgIpc) is 3.31. The van der Waals surface area contributed by atoms with Crippen LogP contribution >= 0.6 is 0 Å². The molecule has 0 bridgehead atoms. The standard InChI is InChI=1S/C31H37F2N7/c1-21-29-14-35-15-30(39-19-27(20-39)37-7-4-24(32)5-8-37)28(29)6-9-38(21)17-26-18-40-16-22(2-3-31(40)36-26)12-34-13-23-10-25(33)11-23/h2-3,6,9,14-16,18,23-25,27,34H,1,4-5,7-8,10-13,17,19-20H2. The van der Waals surface area contributed by atoms with Gasteiger partial charge in [0.15, 0.2) is 0 Å². The molecule has 7 rings (SSSR count). The van der Waals surface area contributed by atoms with Crippen molar-refractivity contribution in [1.82, 2.24) is 29.5 Å². The van der Waals surface area contributed by atoms with Crippen molar-refractivity contribution in [3.63, 3.8) is 0 Å². The maximum Gasteiger partial charge on any atom is 0.137 e. The van der Waals surface area contributed by atoms with Crippen molar-refractivity contribution in [2.24, 2.45) is 5.92 Å². The molecule has 210 valence electrons. The van der Waals surface area contributed by atoms with E-state index in [9.17, 15) is 8.78 Å². The number of anilines is 1. The van der Waals surface area contributed by atoms with Crippen LogP contribution in [-0.4, -0.2) is 75.3 Å². The zero-order chi connectivity index (χ0) is 27.2. The summed E-state index contributed by atoms with van der Waals surface area (Å²) in [6.45, 7) is 10.3. The Bertz CT molecular complexity index is 1410. The summed E-state index contributed by atoms with van der Waals surface area (Å²) in [5.41, 5.74) is 7.33. The van der Waals surface area contributed by atoms with Crippen molar-refractivity contribution in [2.75, 3.05) is 37.6 Å².